The van der Waals surface area contributed by atoms with Gasteiger partial charge in [-0.2, -0.15) is 5.26 Å². The Morgan fingerprint density at radius 3 is 2.92 bits per heavy atom. The number of ether oxygens (including phenoxy) is 1. The van der Waals surface area contributed by atoms with E-state index in [9.17, 15) is 10.1 Å². The first-order valence-corrected chi connectivity index (χ1v) is 8.93. The van der Waals surface area contributed by atoms with Gasteiger partial charge in [0.1, 0.15) is 0 Å². The molecule has 0 saturated carbocycles. The first-order chi connectivity index (χ1) is 12.0. The number of carbonyl (C=O) groups is 1. The number of carbonyl (C=O) groups excluding carboxylic acids is 1. The van der Waals surface area contributed by atoms with Gasteiger partial charge >= 0.3 is 0 Å². The molecule has 1 amide bonds. The van der Waals surface area contributed by atoms with Crippen LogP contribution in [0.4, 0.5) is 5.95 Å². The predicted molar refractivity (Wildman–Crippen MR) is 92.5 cm³/mol. The summed E-state index contributed by atoms with van der Waals surface area (Å²) in [5.41, 5.74) is 0.474. The molecule has 1 aromatic heterocycles. The van der Waals surface area contributed by atoms with Gasteiger partial charge in [-0.25, -0.2) is 9.97 Å². The number of rotatable bonds is 4. The first kappa shape index (κ1) is 17.6. The third-order valence-electron chi connectivity index (χ3n) is 5.31. The maximum Gasteiger partial charge on any atom is 0.227 e. The van der Waals surface area contributed by atoms with E-state index >= 15 is 0 Å². The molecule has 3 heterocycles. The normalized spacial score (nSPS) is 24.5. The van der Waals surface area contributed by atoms with Crippen molar-refractivity contribution in [2.75, 3.05) is 18.5 Å². The molecule has 2 unspecified atom stereocenters. The van der Waals surface area contributed by atoms with Crippen LogP contribution in [0, 0.1) is 17.2 Å². The van der Waals surface area contributed by atoms with E-state index in [0.29, 0.717) is 18.5 Å². The molecular weight excluding hydrogens is 318 g/mol. The Hall–Kier alpha value is -2.20. The topological polar surface area (TPSA) is 91.1 Å². The van der Waals surface area contributed by atoms with E-state index in [0.717, 1.165) is 43.7 Å². The van der Waals surface area contributed by atoms with E-state index in [1.54, 1.807) is 18.0 Å². The Labute approximate surface area is 148 Å². The molecule has 0 aliphatic carbocycles. The summed E-state index contributed by atoms with van der Waals surface area (Å²) in [5, 5.41) is 13.1. The lowest BCUT2D eigenvalue weighted by molar-refractivity contribution is -0.139. The second kappa shape index (κ2) is 6.96. The Kier molecular flexibility index (Phi) is 4.91. The fourth-order valence-electron chi connectivity index (χ4n) is 3.35. The van der Waals surface area contributed by atoms with Gasteiger partial charge in [-0.15, -0.1) is 0 Å². The molecule has 2 aliphatic rings. The lowest BCUT2D eigenvalue weighted by Crippen LogP contribution is -2.43. The highest BCUT2D eigenvalue weighted by Gasteiger charge is 2.46. The lowest BCUT2D eigenvalue weighted by atomic mass is 9.95. The van der Waals surface area contributed by atoms with E-state index in [4.69, 9.17) is 4.74 Å². The molecule has 0 aromatic carbocycles. The second-order valence-corrected chi connectivity index (χ2v) is 7.00. The van der Waals surface area contributed by atoms with Crippen LogP contribution < -0.4 is 5.32 Å². The molecule has 1 fully saturated rings. The highest BCUT2D eigenvalue weighted by atomic mass is 16.5. The summed E-state index contributed by atoms with van der Waals surface area (Å²) in [4.78, 5) is 23.4. The number of hydrogen-bond acceptors (Lipinski definition) is 6. The van der Waals surface area contributed by atoms with Gasteiger partial charge in [0.15, 0.2) is 5.54 Å². The summed E-state index contributed by atoms with van der Waals surface area (Å²) in [6.07, 6.45) is 4.29. The first-order valence-electron chi connectivity index (χ1n) is 8.93. The minimum Gasteiger partial charge on any atom is -0.381 e. The van der Waals surface area contributed by atoms with Gasteiger partial charge in [-0.05, 0) is 26.2 Å². The summed E-state index contributed by atoms with van der Waals surface area (Å²) in [5.74, 6) is 0.432. The maximum absolute atomic E-state index is 12.7. The van der Waals surface area contributed by atoms with Crippen molar-refractivity contribution in [1.82, 2.24) is 14.9 Å². The van der Waals surface area contributed by atoms with Gasteiger partial charge < -0.3 is 15.0 Å². The van der Waals surface area contributed by atoms with Crippen LogP contribution in [-0.4, -0.2) is 40.0 Å². The lowest BCUT2D eigenvalue weighted by Gasteiger charge is -2.31. The zero-order chi connectivity index (χ0) is 18.0. The molecule has 1 N–H and O–H groups in total. The molecule has 7 nitrogen and oxygen atoms in total. The van der Waals surface area contributed by atoms with Gasteiger partial charge in [-0.3, -0.25) is 4.79 Å². The summed E-state index contributed by atoms with van der Waals surface area (Å²) >= 11 is 0. The summed E-state index contributed by atoms with van der Waals surface area (Å²) in [7, 11) is 0. The number of nitriles is 1. The van der Waals surface area contributed by atoms with Gasteiger partial charge in [0.2, 0.25) is 11.9 Å². The SMILES string of the molecule is CCC(C)C(=O)N1Cc2nc(NC3CCOCC3)ncc2C1(C)C#N. The monoisotopic (exact) mass is 343 g/mol. The van der Waals surface area contributed by atoms with Crippen molar-refractivity contribution in [3.63, 3.8) is 0 Å². The van der Waals surface area contributed by atoms with Crippen LogP contribution in [0.25, 0.3) is 0 Å². The quantitative estimate of drug-likeness (QED) is 0.901. The van der Waals surface area contributed by atoms with E-state index in [1.165, 1.54) is 0 Å². The summed E-state index contributed by atoms with van der Waals surface area (Å²) < 4.78 is 5.37. The average Bonchev–Trinajstić information content (AvgIpc) is 2.94. The van der Waals surface area contributed by atoms with Crippen molar-refractivity contribution in [1.29, 1.82) is 5.26 Å². The van der Waals surface area contributed by atoms with Gasteiger partial charge in [0.05, 0.1) is 18.3 Å². The second-order valence-electron chi connectivity index (χ2n) is 7.00. The molecule has 134 valence electrons. The Bertz CT molecular complexity index is 695. The number of fused-ring (bicyclic) bond motifs is 1. The van der Waals surface area contributed by atoms with E-state index < -0.39 is 5.54 Å². The van der Waals surface area contributed by atoms with E-state index in [-0.39, 0.29) is 11.8 Å². The van der Waals surface area contributed by atoms with Gasteiger partial charge in [-0.1, -0.05) is 13.8 Å². The van der Waals surface area contributed by atoms with Crippen molar-refractivity contribution in [2.45, 2.75) is 58.2 Å². The number of nitrogens with one attached hydrogen (secondary N) is 1. The summed E-state index contributed by atoms with van der Waals surface area (Å²) in [6, 6.07) is 2.59. The van der Waals surface area contributed by atoms with E-state index in [1.807, 2.05) is 13.8 Å². The third-order valence-corrected chi connectivity index (χ3v) is 5.31. The van der Waals surface area contributed by atoms with Crippen molar-refractivity contribution in [3.8, 4) is 6.07 Å². The van der Waals surface area contributed by atoms with Gasteiger partial charge in [0.25, 0.3) is 0 Å². The fraction of sp³-hybridized carbons (Fsp3) is 0.667. The van der Waals surface area contributed by atoms with Crippen LogP contribution >= 0.6 is 0 Å². The summed E-state index contributed by atoms with van der Waals surface area (Å²) in [6.45, 7) is 7.48. The average molecular weight is 343 g/mol. The highest BCUT2D eigenvalue weighted by Crippen LogP contribution is 2.39. The molecule has 2 aliphatic heterocycles. The molecule has 0 spiro atoms. The van der Waals surface area contributed by atoms with Crippen LogP contribution in [0.2, 0.25) is 0 Å². The molecule has 0 bridgehead atoms. The third kappa shape index (κ3) is 3.19. The minimum absolute atomic E-state index is 0.0107. The number of aromatic nitrogens is 2. The van der Waals surface area contributed by atoms with Crippen LogP contribution in [0.5, 0.6) is 0 Å². The molecule has 0 radical (unpaired) electrons. The predicted octanol–water partition coefficient (Wildman–Crippen LogP) is 2.19. The zero-order valence-electron chi connectivity index (χ0n) is 15.1. The molecule has 25 heavy (non-hydrogen) atoms. The molecule has 7 heteroatoms. The number of anilines is 1. The van der Waals surface area contributed by atoms with Crippen molar-refractivity contribution < 1.29 is 9.53 Å². The maximum atomic E-state index is 12.7. The van der Waals surface area contributed by atoms with Crippen LogP contribution in [0.15, 0.2) is 6.20 Å². The molecule has 1 aromatic rings. The molecule has 1 saturated heterocycles. The Morgan fingerprint density at radius 1 is 1.56 bits per heavy atom. The molecule has 3 rings (SSSR count). The molecular formula is C18H25N5O2. The standard InChI is InChI=1S/C18H25N5O2/c1-4-12(2)16(24)23-10-15-14(18(23,3)11-19)9-20-17(22-15)21-13-5-7-25-8-6-13/h9,12-13H,4-8,10H2,1-3H3,(H,20,21,22). The Morgan fingerprint density at radius 2 is 2.28 bits per heavy atom. The minimum atomic E-state index is -1.01. The van der Waals surface area contributed by atoms with Crippen molar-refractivity contribution >= 4 is 11.9 Å². The highest BCUT2D eigenvalue weighted by molar-refractivity contribution is 5.81. The van der Waals surface area contributed by atoms with Crippen LogP contribution in [0.1, 0.15) is 51.3 Å². The van der Waals surface area contributed by atoms with Crippen molar-refractivity contribution in [3.05, 3.63) is 17.5 Å². The van der Waals surface area contributed by atoms with E-state index in [2.05, 4.69) is 21.4 Å². The smallest absolute Gasteiger partial charge is 0.227 e. The Balaban J connectivity index is 1.84. The molecule has 2 atom stereocenters. The number of nitrogens with zero attached hydrogens (tertiary/aromatic N) is 4. The number of amides is 1. The largest absolute Gasteiger partial charge is 0.381 e. The number of hydrogen-bond donors (Lipinski definition) is 1. The van der Waals surface area contributed by atoms with Crippen molar-refractivity contribution in [2.24, 2.45) is 5.92 Å². The van der Waals surface area contributed by atoms with Gasteiger partial charge in [0, 0.05) is 36.9 Å². The zero-order valence-corrected chi connectivity index (χ0v) is 15.1. The van der Waals surface area contributed by atoms with Crippen LogP contribution in [0.3, 0.4) is 0 Å². The van der Waals surface area contributed by atoms with Crippen LogP contribution in [-0.2, 0) is 21.6 Å². The fourth-order valence-corrected chi connectivity index (χ4v) is 3.35.